The molecule has 0 aliphatic carbocycles. The van der Waals surface area contributed by atoms with Crippen molar-refractivity contribution in [3.63, 3.8) is 0 Å². The molecule has 1 aromatic rings. The first-order valence-corrected chi connectivity index (χ1v) is 4.12. The van der Waals surface area contributed by atoms with Gasteiger partial charge < -0.3 is 9.88 Å². The van der Waals surface area contributed by atoms with Gasteiger partial charge in [0, 0.05) is 18.9 Å². The van der Waals surface area contributed by atoms with E-state index >= 15 is 0 Å². The standard InChI is InChI=1S/C8H11N3O/c12-6-11-5-1-2-7(11)8-9-3-4-10-8/h3-4,6-7H,1-2,5H2,(H,9,10). The molecule has 1 aliphatic heterocycles. The monoisotopic (exact) mass is 165 g/mol. The number of H-pyrrole nitrogens is 1. The maximum Gasteiger partial charge on any atom is 0.210 e. The van der Waals surface area contributed by atoms with Gasteiger partial charge in [0.05, 0.1) is 6.04 Å². The van der Waals surface area contributed by atoms with Gasteiger partial charge in [-0.25, -0.2) is 4.98 Å². The molecule has 1 fully saturated rings. The fraction of sp³-hybridized carbons (Fsp3) is 0.500. The zero-order valence-electron chi connectivity index (χ0n) is 6.73. The number of aromatic nitrogens is 2. The number of nitrogens with one attached hydrogen (secondary N) is 1. The van der Waals surface area contributed by atoms with Crippen LogP contribution in [0.2, 0.25) is 0 Å². The molecule has 1 amide bonds. The van der Waals surface area contributed by atoms with Gasteiger partial charge in [0.15, 0.2) is 0 Å². The van der Waals surface area contributed by atoms with Crippen molar-refractivity contribution in [1.82, 2.24) is 14.9 Å². The number of hydrogen-bond donors (Lipinski definition) is 1. The number of carbonyl (C=O) groups is 1. The summed E-state index contributed by atoms with van der Waals surface area (Å²) in [5.41, 5.74) is 0. The van der Waals surface area contributed by atoms with Gasteiger partial charge in [-0.2, -0.15) is 0 Å². The van der Waals surface area contributed by atoms with Crippen LogP contribution in [0, 0.1) is 0 Å². The van der Waals surface area contributed by atoms with E-state index in [0.717, 1.165) is 31.6 Å². The number of amides is 1. The maximum absolute atomic E-state index is 10.6. The number of nitrogens with zero attached hydrogens (tertiary/aromatic N) is 2. The van der Waals surface area contributed by atoms with E-state index in [0.29, 0.717) is 0 Å². The van der Waals surface area contributed by atoms with Crippen LogP contribution in [0.4, 0.5) is 0 Å². The minimum absolute atomic E-state index is 0.178. The van der Waals surface area contributed by atoms with Gasteiger partial charge in [0.2, 0.25) is 6.41 Å². The summed E-state index contributed by atoms with van der Waals surface area (Å²) >= 11 is 0. The summed E-state index contributed by atoms with van der Waals surface area (Å²) in [4.78, 5) is 19.6. The average Bonchev–Trinajstić information content (AvgIpc) is 2.74. The van der Waals surface area contributed by atoms with Crippen LogP contribution in [-0.4, -0.2) is 27.8 Å². The largest absolute Gasteiger partial charge is 0.347 e. The normalized spacial score (nSPS) is 23.0. The Morgan fingerprint density at radius 3 is 3.33 bits per heavy atom. The third kappa shape index (κ3) is 1.09. The van der Waals surface area contributed by atoms with E-state index in [-0.39, 0.29) is 6.04 Å². The number of hydrogen-bond acceptors (Lipinski definition) is 2. The predicted octanol–water partition coefficient (Wildman–Crippen LogP) is 0.703. The van der Waals surface area contributed by atoms with E-state index in [1.807, 2.05) is 0 Å². The third-order valence-electron chi connectivity index (χ3n) is 2.26. The highest BCUT2D eigenvalue weighted by molar-refractivity contribution is 5.48. The van der Waals surface area contributed by atoms with Crippen LogP contribution in [0.3, 0.4) is 0 Å². The van der Waals surface area contributed by atoms with Crippen LogP contribution in [0.15, 0.2) is 12.4 Å². The summed E-state index contributed by atoms with van der Waals surface area (Å²) in [7, 11) is 0. The van der Waals surface area contributed by atoms with Crippen molar-refractivity contribution in [2.24, 2.45) is 0 Å². The highest BCUT2D eigenvalue weighted by atomic mass is 16.1. The second kappa shape index (κ2) is 2.97. The first-order chi connectivity index (χ1) is 5.92. The molecule has 1 N–H and O–H groups in total. The highest BCUT2D eigenvalue weighted by Crippen LogP contribution is 2.27. The number of imidazole rings is 1. The Balaban J connectivity index is 2.18. The maximum atomic E-state index is 10.6. The van der Waals surface area contributed by atoms with E-state index in [9.17, 15) is 4.79 Å². The minimum Gasteiger partial charge on any atom is -0.347 e. The van der Waals surface area contributed by atoms with E-state index in [4.69, 9.17) is 0 Å². The van der Waals surface area contributed by atoms with Gasteiger partial charge in [0.25, 0.3) is 0 Å². The van der Waals surface area contributed by atoms with Crippen LogP contribution in [0.5, 0.6) is 0 Å². The summed E-state index contributed by atoms with van der Waals surface area (Å²) < 4.78 is 0. The lowest BCUT2D eigenvalue weighted by molar-refractivity contribution is -0.119. The van der Waals surface area contributed by atoms with Crippen LogP contribution >= 0.6 is 0 Å². The molecular weight excluding hydrogens is 154 g/mol. The molecule has 1 saturated heterocycles. The molecular formula is C8H11N3O. The number of aromatic amines is 1. The topological polar surface area (TPSA) is 49.0 Å². The van der Waals surface area contributed by atoms with Crippen LogP contribution < -0.4 is 0 Å². The number of rotatable bonds is 2. The van der Waals surface area contributed by atoms with Crippen molar-refractivity contribution in [3.8, 4) is 0 Å². The molecule has 1 unspecified atom stereocenters. The summed E-state index contributed by atoms with van der Waals surface area (Å²) in [6, 6.07) is 0.178. The minimum atomic E-state index is 0.178. The fourth-order valence-electron chi connectivity index (χ4n) is 1.67. The fourth-order valence-corrected chi connectivity index (χ4v) is 1.67. The van der Waals surface area contributed by atoms with E-state index in [2.05, 4.69) is 9.97 Å². The molecule has 12 heavy (non-hydrogen) atoms. The first-order valence-electron chi connectivity index (χ1n) is 4.12. The average molecular weight is 165 g/mol. The van der Waals surface area contributed by atoms with Crippen molar-refractivity contribution >= 4 is 6.41 Å². The van der Waals surface area contributed by atoms with Gasteiger partial charge in [-0.15, -0.1) is 0 Å². The molecule has 4 nitrogen and oxygen atoms in total. The molecule has 2 rings (SSSR count). The molecule has 2 heterocycles. The van der Waals surface area contributed by atoms with Gasteiger partial charge in [-0.1, -0.05) is 0 Å². The van der Waals surface area contributed by atoms with E-state index in [1.54, 1.807) is 17.3 Å². The highest BCUT2D eigenvalue weighted by Gasteiger charge is 2.25. The number of likely N-dealkylation sites (tertiary alicyclic amines) is 1. The summed E-state index contributed by atoms with van der Waals surface area (Å²) in [6.45, 7) is 0.856. The summed E-state index contributed by atoms with van der Waals surface area (Å²) in [6.07, 6.45) is 6.50. The van der Waals surface area contributed by atoms with Crippen LogP contribution in [-0.2, 0) is 4.79 Å². The van der Waals surface area contributed by atoms with Crippen molar-refractivity contribution in [2.45, 2.75) is 18.9 Å². The van der Waals surface area contributed by atoms with E-state index < -0.39 is 0 Å². The molecule has 64 valence electrons. The molecule has 0 bridgehead atoms. The first kappa shape index (κ1) is 7.34. The Morgan fingerprint density at radius 2 is 2.67 bits per heavy atom. The van der Waals surface area contributed by atoms with E-state index in [1.165, 1.54) is 0 Å². The molecule has 0 aromatic carbocycles. The zero-order valence-corrected chi connectivity index (χ0v) is 6.73. The number of carbonyl (C=O) groups excluding carboxylic acids is 1. The van der Waals surface area contributed by atoms with Gasteiger partial charge in [-0.3, -0.25) is 4.79 Å². The SMILES string of the molecule is O=CN1CCCC1c1ncc[nH]1. The Kier molecular flexibility index (Phi) is 1.81. The molecule has 0 radical (unpaired) electrons. The second-order valence-electron chi connectivity index (χ2n) is 2.98. The lowest BCUT2D eigenvalue weighted by Crippen LogP contribution is -2.21. The van der Waals surface area contributed by atoms with Crippen molar-refractivity contribution in [3.05, 3.63) is 18.2 Å². The Labute approximate surface area is 70.6 Å². The van der Waals surface area contributed by atoms with Gasteiger partial charge >= 0.3 is 0 Å². The summed E-state index contributed by atoms with van der Waals surface area (Å²) in [5.74, 6) is 0.902. The van der Waals surface area contributed by atoms with Crippen molar-refractivity contribution in [1.29, 1.82) is 0 Å². The zero-order chi connectivity index (χ0) is 8.39. The van der Waals surface area contributed by atoms with Crippen molar-refractivity contribution in [2.75, 3.05) is 6.54 Å². The molecule has 1 aromatic heterocycles. The quantitative estimate of drug-likeness (QED) is 0.656. The Morgan fingerprint density at radius 1 is 1.75 bits per heavy atom. The van der Waals surface area contributed by atoms with Crippen molar-refractivity contribution < 1.29 is 4.79 Å². The Bertz CT molecular complexity index is 257. The molecule has 0 saturated carbocycles. The predicted molar refractivity (Wildman–Crippen MR) is 43.3 cm³/mol. The molecule has 4 heteroatoms. The lowest BCUT2D eigenvalue weighted by Gasteiger charge is -2.16. The van der Waals surface area contributed by atoms with Crippen LogP contribution in [0.1, 0.15) is 24.7 Å². The summed E-state index contributed by atoms with van der Waals surface area (Å²) in [5, 5.41) is 0. The van der Waals surface area contributed by atoms with Gasteiger partial charge in [-0.05, 0) is 12.8 Å². The molecule has 1 atom stereocenters. The smallest absolute Gasteiger partial charge is 0.210 e. The Hall–Kier alpha value is -1.32. The lowest BCUT2D eigenvalue weighted by atomic mass is 10.2. The second-order valence-corrected chi connectivity index (χ2v) is 2.98. The third-order valence-corrected chi connectivity index (χ3v) is 2.26. The van der Waals surface area contributed by atoms with Crippen LogP contribution in [0.25, 0.3) is 0 Å². The van der Waals surface area contributed by atoms with Gasteiger partial charge in [0.1, 0.15) is 5.82 Å². The molecule has 0 spiro atoms. The molecule has 1 aliphatic rings.